The van der Waals surface area contributed by atoms with Crippen molar-refractivity contribution in [2.75, 3.05) is 18.1 Å². The van der Waals surface area contributed by atoms with Crippen molar-refractivity contribution >= 4 is 42.5 Å². The molecule has 2 aromatic heterocycles. The summed E-state index contributed by atoms with van der Waals surface area (Å²) in [7, 11) is -6.77. The second kappa shape index (κ2) is 12.1. The number of ether oxygens (including phenoxy) is 1. The Balaban J connectivity index is 1.74. The van der Waals surface area contributed by atoms with Gasteiger partial charge in [0, 0.05) is 39.5 Å². The van der Waals surface area contributed by atoms with Crippen molar-refractivity contribution in [3.05, 3.63) is 108 Å². The maximum atomic E-state index is 14.9. The number of carbonyl (C=O) groups is 1. The number of benzene rings is 3. The van der Waals surface area contributed by atoms with Gasteiger partial charge in [-0.15, -0.1) is 0 Å². The second-order valence-electron chi connectivity index (χ2n) is 10.0. The summed E-state index contributed by atoms with van der Waals surface area (Å²) >= 11 is 0. The third-order valence-corrected chi connectivity index (χ3v) is 8.88. The summed E-state index contributed by atoms with van der Waals surface area (Å²) in [6.07, 6.45) is 3.15. The number of sulfonamides is 2. The molecular weight excluding hydrogens is 607 g/mol. The molecule has 10 nitrogen and oxygen atoms in total. The molecule has 0 unspecified atom stereocenters. The predicted molar refractivity (Wildman–Crippen MR) is 166 cm³/mol. The van der Waals surface area contributed by atoms with Crippen LogP contribution in [0, 0.1) is 5.82 Å². The van der Waals surface area contributed by atoms with Crippen LogP contribution in [0.4, 0.5) is 10.1 Å². The van der Waals surface area contributed by atoms with Gasteiger partial charge >= 0.3 is 0 Å². The topological polar surface area (TPSA) is 136 Å². The van der Waals surface area contributed by atoms with Crippen LogP contribution in [0.1, 0.15) is 28.5 Å². The Morgan fingerprint density at radius 3 is 2.45 bits per heavy atom. The Hall–Kier alpha value is -4.75. The highest BCUT2D eigenvalue weighted by Gasteiger charge is 2.30. The van der Waals surface area contributed by atoms with Crippen LogP contribution in [0.15, 0.2) is 90.0 Å². The minimum absolute atomic E-state index is 0.00405. The maximum Gasteiger partial charge on any atom is 0.282 e. The zero-order valence-electron chi connectivity index (χ0n) is 24.0. The molecule has 1 amide bonds. The third kappa shape index (κ3) is 6.29. The lowest BCUT2D eigenvalue weighted by Crippen LogP contribution is -2.32. The molecule has 0 aliphatic heterocycles. The van der Waals surface area contributed by atoms with Crippen molar-refractivity contribution in [2.24, 2.45) is 0 Å². The Morgan fingerprint density at radius 2 is 1.75 bits per heavy atom. The van der Waals surface area contributed by atoms with E-state index >= 15 is 0 Å². The van der Waals surface area contributed by atoms with E-state index in [2.05, 4.69) is 14.4 Å². The Kier molecular flexibility index (Phi) is 8.44. The number of aromatic nitrogens is 2. The average molecular weight is 637 g/mol. The lowest BCUT2D eigenvalue weighted by Gasteiger charge is -2.15. The van der Waals surface area contributed by atoms with Crippen molar-refractivity contribution in [3.8, 4) is 17.0 Å². The molecule has 228 valence electrons. The van der Waals surface area contributed by atoms with Crippen LogP contribution >= 0.6 is 0 Å². The molecule has 0 saturated heterocycles. The van der Waals surface area contributed by atoms with Gasteiger partial charge in [-0.3, -0.25) is 9.52 Å². The SMILES string of the molecule is CCc1ccc2c(c1)c(-c1cccnc1OC)c(C(=O)NS(=O)(=O)c1cccc(NS(C)(=O)=O)c1)n2Cc1ccccc1F. The first-order valence-corrected chi connectivity index (χ1v) is 16.8. The number of nitrogens with zero attached hydrogens (tertiary/aromatic N) is 2. The Morgan fingerprint density at radius 1 is 0.977 bits per heavy atom. The van der Waals surface area contributed by atoms with E-state index in [0.717, 1.165) is 17.9 Å². The van der Waals surface area contributed by atoms with E-state index in [1.807, 2.05) is 25.1 Å². The minimum atomic E-state index is -4.52. The summed E-state index contributed by atoms with van der Waals surface area (Å²) < 4.78 is 76.9. The molecule has 0 saturated carbocycles. The number of aryl methyl sites for hydroxylation is 1. The van der Waals surface area contributed by atoms with Gasteiger partial charge in [-0.1, -0.05) is 37.3 Å². The van der Waals surface area contributed by atoms with Gasteiger partial charge in [0.25, 0.3) is 15.9 Å². The lowest BCUT2D eigenvalue weighted by atomic mass is 10.0. The summed E-state index contributed by atoms with van der Waals surface area (Å²) in [4.78, 5) is 18.1. The van der Waals surface area contributed by atoms with Gasteiger partial charge in [0.05, 0.1) is 24.8 Å². The Bertz CT molecular complexity index is 2110. The van der Waals surface area contributed by atoms with Gasteiger partial charge in [-0.05, 0) is 60.5 Å². The maximum absolute atomic E-state index is 14.9. The van der Waals surface area contributed by atoms with Crippen LogP contribution in [-0.2, 0) is 33.0 Å². The number of nitrogens with one attached hydrogen (secondary N) is 2. The number of rotatable bonds is 10. The molecule has 3 aromatic carbocycles. The van der Waals surface area contributed by atoms with Crippen molar-refractivity contribution < 1.29 is 30.8 Å². The van der Waals surface area contributed by atoms with Crippen molar-refractivity contribution in [1.29, 1.82) is 0 Å². The van der Waals surface area contributed by atoms with Gasteiger partial charge in [0.15, 0.2) is 0 Å². The third-order valence-electron chi connectivity index (χ3n) is 6.95. The van der Waals surface area contributed by atoms with Crippen molar-refractivity contribution in [2.45, 2.75) is 24.8 Å². The Labute approximate surface area is 254 Å². The zero-order valence-corrected chi connectivity index (χ0v) is 25.7. The van der Waals surface area contributed by atoms with Crippen LogP contribution in [0.2, 0.25) is 0 Å². The standard InChI is InChI=1S/C31H29FN4O6S2/c1-4-20-14-15-27-25(17-20)28(24-12-8-16-33-31(24)42-2)29(36(27)19-21-9-5-6-13-26(21)32)30(37)35-44(40,41)23-11-7-10-22(18-23)34-43(3,38)39/h5-18,34H,4,19H2,1-3H3,(H,35,37). The summed E-state index contributed by atoms with van der Waals surface area (Å²) in [6, 6.07) is 20.2. The molecule has 5 rings (SSSR count). The molecule has 5 aromatic rings. The summed E-state index contributed by atoms with van der Waals surface area (Å²) in [5.41, 5.74) is 2.54. The molecular formula is C31H29FN4O6S2. The number of hydrogen-bond acceptors (Lipinski definition) is 7. The minimum Gasteiger partial charge on any atom is -0.481 e. The first kappa shape index (κ1) is 30.7. The van der Waals surface area contributed by atoms with Gasteiger partial charge in [-0.2, -0.15) is 0 Å². The van der Waals surface area contributed by atoms with E-state index in [4.69, 9.17) is 4.74 Å². The number of methoxy groups -OCH3 is 1. The molecule has 0 bridgehead atoms. The number of anilines is 1. The number of pyridine rings is 1. The monoisotopic (exact) mass is 636 g/mol. The number of fused-ring (bicyclic) bond motifs is 1. The normalized spacial score (nSPS) is 11.8. The van der Waals surface area contributed by atoms with E-state index in [1.54, 1.807) is 34.9 Å². The quantitative estimate of drug-likeness (QED) is 0.221. The van der Waals surface area contributed by atoms with Crippen LogP contribution in [-0.4, -0.2) is 45.7 Å². The number of carbonyl (C=O) groups excluding carboxylic acids is 1. The molecule has 0 aliphatic carbocycles. The van der Waals surface area contributed by atoms with E-state index < -0.39 is 31.8 Å². The lowest BCUT2D eigenvalue weighted by molar-refractivity contribution is 0.0974. The number of amides is 1. The molecule has 13 heteroatoms. The molecule has 0 atom stereocenters. The van der Waals surface area contributed by atoms with Crippen molar-refractivity contribution in [3.63, 3.8) is 0 Å². The first-order chi connectivity index (χ1) is 20.9. The molecule has 2 heterocycles. The molecule has 0 fully saturated rings. The van der Waals surface area contributed by atoms with Gasteiger partial charge in [-0.25, -0.2) is 30.9 Å². The molecule has 0 spiro atoms. The van der Waals surface area contributed by atoms with Crippen molar-refractivity contribution in [1.82, 2.24) is 14.3 Å². The zero-order chi connectivity index (χ0) is 31.6. The molecule has 2 N–H and O–H groups in total. The van der Waals surface area contributed by atoms with Gasteiger partial charge < -0.3 is 9.30 Å². The van der Waals surface area contributed by atoms with Crippen LogP contribution in [0.3, 0.4) is 0 Å². The van der Waals surface area contributed by atoms with Crippen LogP contribution < -0.4 is 14.2 Å². The largest absolute Gasteiger partial charge is 0.481 e. The fourth-order valence-electron chi connectivity index (χ4n) is 5.01. The fourth-order valence-corrected chi connectivity index (χ4v) is 6.56. The highest BCUT2D eigenvalue weighted by Crippen LogP contribution is 2.40. The summed E-state index contributed by atoms with van der Waals surface area (Å²) in [5, 5.41) is 0.619. The fraction of sp³-hybridized carbons (Fsp3) is 0.161. The summed E-state index contributed by atoms with van der Waals surface area (Å²) in [6.45, 7) is 1.89. The molecule has 0 radical (unpaired) electrons. The van der Waals surface area contributed by atoms with E-state index in [0.29, 0.717) is 28.5 Å². The first-order valence-electron chi connectivity index (χ1n) is 13.4. The average Bonchev–Trinajstić information content (AvgIpc) is 3.30. The van der Waals surface area contributed by atoms with E-state index in [1.165, 1.54) is 37.6 Å². The van der Waals surface area contributed by atoms with E-state index in [9.17, 15) is 26.0 Å². The second-order valence-corrected chi connectivity index (χ2v) is 13.4. The van der Waals surface area contributed by atoms with Crippen LogP contribution in [0.5, 0.6) is 5.88 Å². The highest BCUT2D eigenvalue weighted by atomic mass is 32.2. The predicted octanol–water partition coefficient (Wildman–Crippen LogP) is 4.95. The number of hydrogen-bond donors (Lipinski definition) is 2. The number of halogens is 1. The summed E-state index contributed by atoms with van der Waals surface area (Å²) in [5.74, 6) is -1.28. The smallest absolute Gasteiger partial charge is 0.282 e. The van der Waals surface area contributed by atoms with Gasteiger partial charge in [0.1, 0.15) is 11.5 Å². The highest BCUT2D eigenvalue weighted by molar-refractivity contribution is 7.92. The van der Waals surface area contributed by atoms with Gasteiger partial charge in [0.2, 0.25) is 15.9 Å². The molecule has 44 heavy (non-hydrogen) atoms. The molecule has 0 aliphatic rings. The van der Waals surface area contributed by atoms with E-state index in [-0.39, 0.29) is 34.3 Å². The van der Waals surface area contributed by atoms with Crippen LogP contribution in [0.25, 0.3) is 22.0 Å².